The van der Waals surface area contributed by atoms with Crippen molar-refractivity contribution >= 4 is 58.4 Å². The number of hydrogen-bond acceptors (Lipinski definition) is 6. The van der Waals surface area contributed by atoms with Gasteiger partial charge in [-0.3, -0.25) is 0 Å². The lowest BCUT2D eigenvalue weighted by molar-refractivity contribution is 0.504. The molecule has 0 amide bonds. The highest BCUT2D eigenvalue weighted by Crippen LogP contribution is 2.45. The normalized spacial score (nSPS) is 13.8. The van der Waals surface area contributed by atoms with Crippen LogP contribution in [-0.2, 0) is 0 Å². The Morgan fingerprint density at radius 1 is 0.776 bits per heavy atom. The molecule has 1 aromatic heterocycles. The van der Waals surface area contributed by atoms with E-state index in [0.717, 1.165) is 58.8 Å². The fourth-order valence-electron chi connectivity index (χ4n) is 6.88. The van der Waals surface area contributed by atoms with E-state index in [-0.39, 0.29) is 5.04 Å². The molecule has 248 valence electrons. The lowest BCUT2D eigenvalue weighted by Gasteiger charge is -2.43. The van der Waals surface area contributed by atoms with E-state index in [1.807, 2.05) is 84.9 Å². The number of benzene rings is 5. The Morgan fingerprint density at radius 2 is 1.39 bits per heavy atom. The van der Waals surface area contributed by atoms with Gasteiger partial charge in [0.05, 0.1) is 5.56 Å². The number of piperazine rings is 1. The fourth-order valence-corrected chi connectivity index (χ4v) is 11.6. The van der Waals surface area contributed by atoms with Crippen molar-refractivity contribution < 1.29 is 8.82 Å². The minimum absolute atomic E-state index is 0.314. The van der Waals surface area contributed by atoms with E-state index < -0.39 is 14.1 Å². The molecule has 1 aliphatic rings. The molecular weight excluding hydrogens is 649 g/mol. The molecule has 2 heterocycles. The number of fused-ring (bicyclic) bond motifs is 1. The Bertz CT molecular complexity index is 2030. The van der Waals surface area contributed by atoms with Gasteiger partial charge in [-0.15, -0.1) is 10.2 Å². The summed E-state index contributed by atoms with van der Waals surface area (Å²) in [6.07, 6.45) is 0. The standard InChI is InChI=1S/C40H39ClFN5OSi/c1-40(2,3)49(29-16-9-5-10-17-29,30-18-11-6-12-19-30)48-36-21-13-20-35(42)37(36)33-26-31-32(27-34(33)41)39(47-24-22-43-23-25-47)46-45-38(31)44-28-14-7-4-8-15-28/h4-21,26-27,43H,22-25H2,1-3H3,(H,44,45). The third kappa shape index (κ3) is 6.28. The molecule has 6 nitrogen and oxygen atoms in total. The zero-order valence-corrected chi connectivity index (χ0v) is 29.6. The van der Waals surface area contributed by atoms with Gasteiger partial charge in [0, 0.05) is 53.2 Å². The van der Waals surface area contributed by atoms with Gasteiger partial charge in [0.2, 0.25) is 0 Å². The Hall–Kier alpha value is -4.76. The van der Waals surface area contributed by atoms with Gasteiger partial charge in [-0.1, -0.05) is 117 Å². The topological polar surface area (TPSA) is 62.3 Å². The minimum Gasteiger partial charge on any atom is -0.533 e. The van der Waals surface area contributed by atoms with Crippen LogP contribution in [0.5, 0.6) is 5.75 Å². The summed E-state index contributed by atoms with van der Waals surface area (Å²) >= 11 is 7.19. The van der Waals surface area contributed by atoms with Gasteiger partial charge in [-0.2, -0.15) is 0 Å². The molecule has 6 aromatic rings. The smallest absolute Gasteiger partial charge is 0.319 e. The molecule has 0 atom stereocenters. The number of para-hydroxylation sites is 1. The van der Waals surface area contributed by atoms with Gasteiger partial charge in [0.25, 0.3) is 0 Å². The summed E-state index contributed by atoms with van der Waals surface area (Å²) in [5.74, 6) is 1.33. The van der Waals surface area contributed by atoms with Crippen molar-refractivity contribution in [1.82, 2.24) is 15.5 Å². The van der Waals surface area contributed by atoms with E-state index in [9.17, 15) is 0 Å². The summed E-state index contributed by atoms with van der Waals surface area (Å²) in [6.45, 7) is 9.89. The number of anilines is 3. The predicted octanol–water partition coefficient (Wildman–Crippen LogP) is 8.18. The lowest BCUT2D eigenvalue weighted by atomic mass is 10.00. The zero-order valence-electron chi connectivity index (χ0n) is 27.9. The molecule has 9 heteroatoms. The quantitative estimate of drug-likeness (QED) is 0.158. The third-order valence-electron chi connectivity index (χ3n) is 9.23. The molecule has 0 spiro atoms. The predicted molar refractivity (Wildman–Crippen MR) is 203 cm³/mol. The summed E-state index contributed by atoms with van der Waals surface area (Å²) in [7, 11) is -3.10. The van der Waals surface area contributed by atoms with Crippen molar-refractivity contribution in [3.63, 3.8) is 0 Å². The van der Waals surface area contributed by atoms with Crippen LogP contribution in [0.1, 0.15) is 20.8 Å². The molecule has 1 saturated heterocycles. The Labute approximate surface area is 293 Å². The number of rotatable bonds is 8. The van der Waals surface area contributed by atoms with Crippen LogP contribution in [-0.4, -0.2) is 44.7 Å². The van der Waals surface area contributed by atoms with Gasteiger partial charge in [0.1, 0.15) is 11.6 Å². The number of hydrogen-bond donors (Lipinski definition) is 2. The van der Waals surface area contributed by atoms with Crippen LogP contribution in [0.15, 0.2) is 121 Å². The molecule has 1 fully saturated rings. The second-order valence-corrected chi connectivity index (χ2v) is 18.0. The molecule has 2 N–H and O–H groups in total. The van der Waals surface area contributed by atoms with Crippen LogP contribution in [0.3, 0.4) is 0 Å². The van der Waals surface area contributed by atoms with Crippen molar-refractivity contribution in [3.05, 3.63) is 132 Å². The van der Waals surface area contributed by atoms with Gasteiger partial charge >= 0.3 is 8.32 Å². The summed E-state index contributed by atoms with van der Waals surface area (Å²) in [5, 5.41) is 20.1. The molecule has 49 heavy (non-hydrogen) atoms. The third-order valence-corrected chi connectivity index (χ3v) is 14.5. The maximum absolute atomic E-state index is 16.4. The van der Waals surface area contributed by atoms with Crippen LogP contribution in [0, 0.1) is 5.82 Å². The van der Waals surface area contributed by atoms with Gasteiger partial charge in [0.15, 0.2) is 11.6 Å². The SMILES string of the molecule is CC(C)(C)[Si](Oc1cccc(F)c1-c1cc2c(Nc3ccccc3)nnc(N3CCNCC3)c2cc1Cl)(c1ccccc1)c1ccccc1. The summed E-state index contributed by atoms with van der Waals surface area (Å²) in [6, 6.07) is 39.4. The second kappa shape index (κ2) is 13.6. The van der Waals surface area contributed by atoms with Crippen molar-refractivity contribution in [3.8, 4) is 16.9 Å². The fraction of sp³-hybridized carbons (Fsp3) is 0.200. The molecule has 0 unspecified atom stereocenters. The van der Waals surface area contributed by atoms with Crippen LogP contribution in [0.2, 0.25) is 10.1 Å². The maximum Gasteiger partial charge on any atom is 0.319 e. The van der Waals surface area contributed by atoms with Crippen LogP contribution in [0.25, 0.3) is 21.9 Å². The average Bonchev–Trinajstić information content (AvgIpc) is 3.12. The summed E-state index contributed by atoms with van der Waals surface area (Å²) < 4.78 is 23.8. The second-order valence-electron chi connectivity index (χ2n) is 13.4. The first-order valence-electron chi connectivity index (χ1n) is 16.6. The van der Waals surface area contributed by atoms with Crippen molar-refractivity contribution in [1.29, 1.82) is 0 Å². The van der Waals surface area contributed by atoms with E-state index in [0.29, 0.717) is 27.7 Å². The Morgan fingerprint density at radius 3 is 2.00 bits per heavy atom. The molecule has 0 bridgehead atoms. The number of nitrogens with zero attached hydrogens (tertiary/aromatic N) is 3. The van der Waals surface area contributed by atoms with Gasteiger partial charge in [-0.25, -0.2) is 4.39 Å². The molecular formula is C40H39ClFN5OSi. The van der Waals surface area contributed by atoms with Gasteiger partial charge < -0.3 is 20.0 Å². The number of halogens is 2. The molecule has 7 rings (SSSR count). The number of nitrogens with one attached hydrogen (secondary N) is 2. The molecule has 0 aliphatic carbocycles. The molecule has 1 aliphatic heterocycles. The highest BCUT2D eigenvalue weighted by molar-refractivity contribution is 7.00. The minimum atomic E-state index is -3.10. The largest absolute Gasteiger partial charge is 0.533 e. The number of aromatic nitrogens is 2. The van der Waals surface area contributed by atoms with Crippen molar-refractivity contribution in [2.24, 2.45) is 0 Å². The average molecular weight is 688 g/mol. The molecule has 0 radical (unpaired) electrons. The van der Waals surface area contributed by atoms with Crippen LogP contribution in [0.4, 0.5) is 21.7 Å². The van der Waals surface area contributed by atoms with Crippen LogP contribution >= 0.6 is 11.6 Å². The van der Waals surface area contributed by atoms with Gasteiger partial charge in [-0.05, 0) is 51.8 Å². The maximum atomic E-state index is 16.4. The molecule has 0 saturated carbocycles. The Balaban J connectivity index is 1.44. The Kier molecular flexibility index (Phi) is 9.11. The van der Waals surface area contributed by atoms with Crippen molar-refractivity contribution in [2.75, 3.05) is 36.4 Å². The summed E-state index contributed by atoms with van der Waals surface area (Å²) in [4.78, 5) is 2.22. The molecule has 5 aromatic carbocycles. The van der Waals surface area contributed by atoms with E-state index in [1.54, 1.807) is 6.07 Å². The highest BCUT2D eigenvalue weighted by Gasteiger charge is 2.52. The first kappa shape index (κ1) is 32.8. The van der Waals surface area contributed by atoms with E-state index >= 15 is 4.39 Å². The highest BCUT2D eigenvalue weighted by atomic mass is 35.5. The summed E-state index contributed by atoms with van der Waals surface area (Å²) in [5.41, 5.74) is 1.70. The lowest BCUT2D eigenvalue weighted by Crippen LogP contribution is -2.68. The van der Waals surface area contributed by atoms with E-state index in [1.165, 1.54) is 6.07 Å². The van der Waals surface area contributed by atoms with E-state index in [4.69, 9.17) is 16.0 Å². The van der Waals surface area contributed by atoms with Crippen molar-refractivity contribution in [2.45, 2.75) is 25.8 Å². The van der Waals surface area contributed by atoms with Crippen LogP contribution < -0.4 is 30.3 Å². The van der Waals surface area contributed by atoms with E-state index in [2.05, 4.69) is 70.8 Å². The monoisotopic (exact) mass is 687 g/mol. The zero-order chi connectivity index (χ0) is 34.0. The first-order valence-corrected chi connectivity index (χ1v) is 18.9. The first-order chi connectivity index (χ1) is 23.8.